The number of aliphatic hydroxyl groups is 1. The van der Waals surface area contributed by atoms with Crippen LogP contribution in [-0.2, 0) is 6.54 Å². The SMILES string of the molecule is CC1(O)/C(=N/Cc2cccnc2)CC2CC1C2(C)C. The molecule has 1 aromatic rings. The van der Waals surface area contributed by atoms with E-state index in [1.807, 2.05) is 25.3 Å². The Morgan fingerprint density at radius 3 is 2.79 bits per heavy atom. The van der Waals surface area contributed by atoms with E-state index in [-0.39, 0.29) is 5.41 Å². The zero-order valence-corrected chi connectivity index (χ0v) is 11.9. The zero-order valence-electron chi connectivity index (χ0n) is 11.9. The van der Waals surface area contributed by atoms with Gasteiger partial charge in [-0.05, 0) is 48.6 Å². The second-order valence-corrected chi connectivity index (χ2v) is 6.78. The first-order chi connectivity index (χ1) is 8.92. The van der Waals surface area contributed by atoms with Gasteiger partial charge in [-0.2, -0.15) is 0 Å². The monoisotopic (exact) mass is 258 g/mol. The van der Waals surface area contributed by atoms with Crippen molar-refractivity contribution in [3.63, 3.8) is 0 Å². The average molecular weight is 258 g/mol. The second kappa shape index (κ2) is 4.14. The summed E-state index contributed by atoms with van der Waals surface area (Å²) in [5.41, 5.74) is 1.61. The lowest BCUT2D eigenvalue weighted by Crippen LogP contribution is -2.64. The Kier molecular flexibility index (Phi) is 2.79. The second-order valence-electron chi connectivity index (χ2n) is 6.78. The van der Waals surface area contributed by atoms with Gasteiger partial charge < -0.3 is 5.11 Å². The van der Waals surface area contributed by atoms with E-state index in [0.717, 1.165) is 24.1 Å². The lowest BCUT2D eigenvalue weighted by Gasteiger charge is -2.62. The third kappa shape index (κ3) is 1.91. The molecule has 102 valence electrons. The maximum Gasteiger partial charge on any atom is 0.103 e. The predicted octanol–water partition coefficient (Wildman–Crippen LogP) is 2.84. The van der Waals surface area contributed by atoms with E-state index in [9.17, 15) is 5.11 Å². The first kappa shape index (κ1) is 12.8. The molecule has 3 nitrogen and oxygen atoms in total. The smallest absolute Gasteiger partial charge is 0.103 e. The number of pyridine rings is 1. The molecular weight excluding hydrogens is 236 g/mol. The molecule has 3 aliphatic rings. The molecule has 0 radical (unpaired) electrons. The molecule has 4 rings (SSSR count). The highest BCUT2D eigenvalue weighted by Gasteiger charge is 2.61. The van der Waals surface area contributed by atoms with Gasteiger partial charge in [0.2, 0.25) is 0 Å². The van der Waals surface area contributed by atoms with Gasteiger partial charge in [-0.15, -0.1) is 0 Å². The Morgan fingerprint density at radius 2 is 2.21 bits per heavy atom. The molecule has 19 heavy (non-hydrogen) atoms. The quantitative estimate of drug-likeness (QED) is 0.886. The van der Waals surface area contributed by atoms with E-state index in [2.05, 4.69) is 23.8 Å². The zero-order chi connectivity index (χ0) is 13.7. The van der Waals surface area contributed by atoms with Crippen LogP contribution < -0.4 is 0 Å². The number of aromatic nitrogens is 1. The molecule has 2 bridgehead atoms. The van der Waals surface area contributed by atoms with Crippen LogP contribution in [0.4, 0.5) is 0 Å². The van der Waals surface area contributed by atoms with Gasteiger partial charge in [0.25, 0.3) is 0 Å². The Balaban J connectivity index is 1.80. The van der Waals surface area contributed by atoms with Gasteiger partial charge in [-0.25, -0.2) is 0 Å². The molecule has 1 aromatic heterocycles. The molecule has 3 atom stereocenters. The lowest BCUT2D eigenvalue weighted by molar-refractivity contribution is -0.134. The summed E-state index contributed by atoms with van der Waals surface area (Å²) >= 11 is 0. The van der Waals surface area contributed by atoms with Crippen molar-refractivity contribution < 1.29 is 5.11 Å². The van der Waals surface area contributed by atoms with Crippen LogP contribution in [0.1, 0.15) is 39.2 Å². The average Bonchev–Trinajstić information content (AvgIpc) is 2.37. The number of hydrogen-bond acceptors (Lipinski definition) is 3. The molecule has 3 fully saturated rings. The van der Waals surface area contributed by atoms with Gasteiger partial charge in [-0.1, -0.05) is 19.9 Å². The molecule has 1 N–H and O–H groups in total. The van der Waals surface area contributed by atoms with Crippen LogP contribution in [-0.4, -0.2) is 21.4 Å². The summed E-state index contributed by atoms with van der Waals surface area (Å²) in [7, 11) is 0. The molecule has 3 heteroatoms. The summed E-state index contributed by atoms with van der Waals surface area (Å²) in [5.74, 6) is 1.04. The molecule has 3 aliphatic carbocycles. The van der Waals surface area contributed by atoms with Crippen LogP contribution in [0.25, 0.3) is 0 Å². The normalized spacial score (nSPS) is 38.0. The van der Waals surface area contributed by atoms with Gasteiger partial charge in [0.15, 0.2) is 0 Å². The molecule has 0 amide bonds. The van der Waals surface area contributed by atoms with Crippen LogP contribution in [0.2, 0.25) is 0 Å². The molecule has 0 aromatic carbocycles. The van der Waals surface area contributed by atoms with Gasteiger partial charge >= 0.3 is 0 Å². The summed E-state index contributed by atoms with van der Waals surface area (Å²) in [6.07, 6.45) is 5.69. The molecule has 1 heterocycles. The van der Waals surface area contributed by atoms with Crippen molar-refractivity contribution in [2.45, 2.75) is 45.8 Å². The Hall–Kier alpha value is -1.22. The lowest BCUT2D eigenvalue weighted by atomic mass is 9.44. The van der Waals surface area contributed by atoms with E-state index in [4.69, 9.17) is 0 Å². The van der Waals surface area contributed by atoms with E-state index in [0.29, 0.717) is 18.4 Å². The number of rotatable bonds is 2. The number of hydrogen-bond donors (Lipinski definition) is 1. The van der Waals surface area contributed by atoms with Gasteiger partial charge in [0.05, 0.1) is 6.54 Å². The fourth-order valence-corrected chi connectivity index (χ4v) is 3.86. The molecule has 3 unspecified atom stereocenters. The summed E-state index contributed by atoms with van der Waals surface area (Å²) in [5, 5.41) is 10.8. The van der Waals surface area contributed by atoms with Crippen molar-refractivity contribution in [1.82, 2.24) is 4.98 Å². The molecule has 0 saturated heterocycles. The highest BCUT2D eigenvalue weighted by Crippen LogP contribution is 2.61. The van der Waals surface area contributed by atoms with Crippen LogP contribution in [0.15, 0.2) is 29.5 Å². The first-order valence-corrected chi connectivity index (χ1v) is 7.07. The number of fused-ring (bicyclic) bond motifs is 2. The largest absolute Gasteiger partial charge is 0.384 e. The summed E-state index contributed by atoms with van der Waals surface area (Å²) in [4.78, 5) is 8.78. The molecule has 0 spiro atoms. The number of aliphatic imine (C=N–C) groups is 1. The van der Waals surface area contributed by atoms with Crippen molar-refractivity contribution in [1.29, 1.82) is 0 Å². The van der Waals surface area contributed by atoms with Crippen molar-refractivity contribution in [3.8, 4) is 0 Å². The Bertz CT molecular complexity index is 505. The van der Waals surface area contributed by atoms with Crippen molar-refractivity contribution >= 4 is 5.71 Å². The standard InChI is InChI=1S/C16H22N2O/c1-15(2)12-7-13(15)16(3,19)14(8-12)18-10-11-5-4-6-17-9-11/h4-6,9,12-13,19H,7-8,10H2,1-3H3/b18-14+. The summed E-state index contributed by atoms with van der Waals surface area (Å²) in [6, 6.07) is 3.95. The van der Waals surface area contributed by atoms with Crippen LogP contribution >= 0.6 is 0 Å². The van der Waals surface area contributed by atoms with E-state index in [1.165, 1.54) is 0 Å². The maximum absolute atomic E-state index is 10.8. The highest BCUT2D eigenvalue weighted by atomic mass is 16.3. The third-order valence-corrected chi connectivity index (χ3v) is 5.35. The molecular formula is C16H22N2O. The molecule has 0 aliphatic heterocycles. The minimum Gasteiger partial charge on any atom is -0.384 e. The van der Waals surface area contributed by atoms with Crippen LogP contribution in [0.3, 0.4) is 0 Å². The van der Waals surface area contributed by atoms with E-state index in [1.54, 1.807) is 6.20 Å². The van der Waals surface area contributed by atoms with Gasteiger partial charge in [0, 0.05) is 18.1 Å². The van der Waals surface area contributed by atoms with Crippen LogP contribution in [0.5, 0.6) is 0 Å². The Morgan fingerprint density at radius 1 is 1.42 bits per heavy atom. The minimum absolute atomic E-state index is 0.261. The van der Waals surface area contributed by atoms with Gasteiger partial charge in [-0.3, -0.25) is 9.98 Å². The topological polar surface area (TPSA) is 45.5 Å². The van der Waals surface area contributed by atoms with Crippen molar-refractivity contribution in [3.05, 3.63) is 30.1 Å². The highest BCUT2D eigenvalue weighted by molar-refractivity contribution is 5.94. The summed E-state index contributed by atoms with van der Waals surface area (Å²) < 4.78 is 0. The summed E-state index contributed by atoms with van der Waals surface area (Å²) in [6.45, 7) is 7.12. The first-order valence-electron chi connectivity index (χ1n) is 7.07. The third-order valence-electron chi connectivity index (χ3n) is 5.35. The van der Waals surface area contributed by atoms with E-state index < -0.39 is 5.60 Å². The van der Waals surface area contributed by atoms with Crippen LogP contribution in [0, 0.1) is 17.3 Å². The Labute approximate surface area is 114 Å². The van der Waals surface area contributed by atoms with Crippen molar-refractivity contribution in [2.24, 2.45) is 22.2 Å². The predicted molar refractivity (Wildman–Crippen MR) is 76.0 cm³/mol. The van der Waals surface area contributed by atoms with Crippen molar-refractivity contribution in [2.75, 3.05) is 0 Å². The van der Waals surface area contributed by atoms with Gasteiger partial charge in [0.1, 0.15) is 5.60 Å². The fourth-order valence-electron chi connectivity index (χ4n) is 3.86. The number of nitrogens with zero attached hydrogens (tertiary/aromatic N) is 2. The minimum atomic E-state index is -0.736. The maximum atomic E-state index is 10.8. The molecule has 3 saturated carbocycles. The fraction of sp³-hybridized carbons (Fsp3) is 0.625. The van der Waals surface area contributed by atoms with E-state index >= 15 is 0 Å².